The van der Waals surface area contributed by atoms with Crippen LogP contribution in [-0.4, -0.2) is 6.03 Å². The Morgan fingerprint density at radius 1 is 0.885 bits per heavy atom. The van der Waals surface area contributed by atoms with Gasteiger partial charge in [0.25, 0.3) is 0 Å². The molecule has 2 aromatic heterocycles. The van der Waals surface area contributed by atoms with Crippen molar-refractivity contribution in [1.82, 2.24) is 10.6 Å². The average Bonchev–Trinajstić information content (AvgIpc) is 3.36. The number of rotatable bonds is 5. The zero-order valence-electron chi connectivity index (χ0n) is 14.1. The molecule has 4 rings (SSSR count). The van der Waals surface area contributed by atoms with Gasteiger partial charge in [-0.3, -0.25) is 0 Å². The van der Waals surface area contributed by atoms with Gasteiger partial charge >= 0.3 is 6.03 Å². The Hall–Kier alpha value is -3.05. The zero-order chi connectivity index (χ0) is 17.8. The smallest absolute Gasteiger partial charge is 0.315 e. The number of benzene rings is 2. The van der Waals surface area contributed by atoms with Gasteiger partial charge in [-0.15, -0.1) is 11.3 Å². The molecular formula is C21H18N2O2S. The number of carbonyl (C=O) groups is 1. The quantitative estimate of drug-likeness (QED) is 0.515. The maximum atomic E-state index is 12.1. The van der Waals surface area contributed by atoms with Gasteiger partial charge < -0.3 is 15.1 Å². The topological polar surface area (TPSA) is 54.3 Å². The van der Waals surface area contributed by atoms with Crippen LogP contribution in [0.25, 0.3) is 21.4 Å². The molecular weight excluding hydrogens is 344 g/mol. The van der Waals surface area contributed by atoms with Crippen molar-refractivity contribution in [2.45, 2.75) is 13.1 Å². The van der Waals surface area contributed by atoms with Crippen LogP contribution >= 0.6 is 11.3 Å². The van der Waals surface area contributed by atoms with Crippen molar-refractivity contribution in [2.24, 2.45) is 0 Å². The lowest BCUT2D eigenvalue weighted by Crippen LogP contribution is -2.34. The van der Waals surface area contributed by atoms with Crippen molar-refractivity contribution in [3.05, 3.63) is 83.4 Å². The van der Waals surface area contributed by atoms with Crippen molar-refractivity contribution in [1.29, 1.82) is 0 Å². The lowest BCUT2D eigenvalue weighted by molar-refractivity contribution is 0.239. The van der Waals surface area contributed by atoms with Crippen molar-refractivity contribution in [2.75, 3.05) is 0 Å². The number of urea groups is 1. The molecule has 0 unspecified atom stereocenters. The summed E-state index contributed by atoms with van der Waals surface area (Å²) >= 11 is 1.63. The van der Waals surface area contributed by atoms with E-state index in [-0.39, 0.29) is 6.03 Å². The van der Waals surface area contributed by atoms with Crippen LogP contribution in [0.5, 0.6) is 0 Å². The number of thiophene rings is 1. The summed E-state index contributed by atoms with van der Waals surface area (Å²) < 4.78 is 5.77. The van der Waals surface area contributed by atoms with Crippen molar-refractivity contribution >= 4 is 28.1 Å². The van der Waals surface area contributed by atoms with Crippen LogP contribution in [0.2, 0.25) is 0 Å². The maximum Gasteiger partial charge on any atom is 0.315 e. The van der Waals surface area contributed by atoms with Gasteiger partial charge in [0.2, 0.25) is 0 Å². The van der Waals surface area contributed by atoms with Crippen LogP contribution in [0.15, 0.2) is 76.5 Å². The van der Waals surface area contributed by atoms with Crippen molar-refractivity contribution < 1.29 is 9.21 Å². The highest BCUT2D eigenvalue weighted by molar-refractivity contribution is 7.13. The Kier molecular flexibility index (Phi) is 4.71. The first-order valence-corrected chi connectivity index (χ1v) is 9.28. The minimum atomic E-state index is -0.216. The molecule has 0 saturated carbocycles. The second kappa shape index (κ2) is 7.45. The fourth-order valence-electron chi connectivity index (χ4n) is 2.88. The standard InChI is InChI=1S/C21H18N2O2S/c24-21(22-13-16-7-3-6-15-5-1-2-8-18(15)16)23-14-17-10-11-19(25-17)20-9-4-12-26-20/h1-12H,13-14H2,(H2,22,23,24). The number of nitrogens with one attached hydrogen (secondary N) is 2. The lowest BCUT2D eigenvalue weighted by Gasteiger charge is -2.09. The lowest BCUT2D eigenvalue weighted by atomic mass is 10.0. The number of fused-ring (bicyclic) bond motifs is 1. The normalized spacial score (nSPS) is 10.8. The predicted molar refractivity (Wildman–Crippen MR) is 105 cm³/mol. The van der Waals surface area contributed by atoms with E-state index in [9.17, 15) is 4.79 Å². The van der Waals surface area contributed by atoms with Gasteiger partial charge in [0.05, 0.1) is 11.4 Å². The minimum absolute atomic E-state index is 0.216. The van der Waals surface area contributed by atoms with E-state index in [1.807, 2.05) is 53.9 Å². The van der Waals surface area contributed by atoms with Crippen LogP contribution < -0.4 is 10.6 Å². The van der Waals surface area contributed by atoms with E-state index in [0.717, 1.165) is 27.3 Å². The zero-order valence-corrected chi connectivity index (χ0v) is 14.9. The van der Waals surface area contributed by atoms with E-state index < -0.39 is 0 Å². The molecule has 4 aromatic rings. The van der Waals surface area contributed by atoms with Crippen LogP contribution in [0.4, 0.5) is 4.79 Å². The Balaban J connectivity index is 1.33. The summed E-state index contributed by atoms with van der Waals surface area (Å²) in [6.07, 6.45) is 0. The molecule has 0 bridgehead atoms. The molecule has 0 atom stereocenters. The third kappa shape index (κ3) is 3.63. The first-order valence-electron chi connectivity index (χ1n) is 8.40. The molecule has 5 heteroatoms. The van der Waals surface area contributed by atoms with Gasteiger partial charge in [-0.2, -0.15) is 0 Å². The van der Waals surface area contributed by atoms with E-state index in [1.165, 1.54) is 5.39 Å². The third-order valence-corrected chi connectivity index (χ3v) is 5.05. The summed E-state index contributed by atoms with van der Waals surface area (Å²) in [5.74, 6) is 1.56. The van der Waals surface area contributed by atoms with Crippen LogP contribution in [-0.2, 0) is 13.1 Å². The number of carbonyl (C=O) groups excluding carboxylic acids is 1. The largest absolute Gasteiger partial charge is 0.458 e. The Labute approximate surface area is 155 Å². The molecule has 0 spiro atoms. The van der Waals surface area contributed by atoms with Crippen molar-refractivity contribution in [3.8, 4) is 10.6 Å². The fourth-order valence-corrected chi connectivity index (χ4v) is 3.56. The molecule has 0 fully saturated rings. The van der Waals surface area contributed by atoms with Crippen LogP contribution in [0.3, 0.4) is 0 Å². The second-order valence-corrected chi connectivity index (χ2v) is 6.87. The number of hydrogen-bond donors (Lipinski definition) is 2. The molecule has 0 saturated heterocycles. The molecule has 4 nitrogen and oxygen atoms in total. The van der Waals surface area contributed by atoms with Crippen LogP contribution in [0, 0.1) is 0 Å². The summed E-state index contributed by atoms with van der Waals surface area (Å²) in [7, 11) is 0. The fraction of sp³-hybridized carbons (Fsp3) is 0.0952. The van der Waals surface area contributed by atoms with E-state index in [1.54, 1.807) is 11.3 Å². The molecule has 2 amide bonds. The predicted octanol–water partition coefficient (Wildman–Crippen LogP) is 5.16. The highest BCUT2D eigenvalue weighted by atomic mass is 32.1. The first-order chi connectivity index (χ1) is 12.8. The molecule has 0 aliphatic carbocycles. The number of amides is 2. The summed E-state index contributed by atoms with van der Waals surface area (Å²) in [4.78, 5) is 13.2. The molecule has 0 radical (unpaired) electrons. The highest BCUT2D eigenvalue weighted by Gasteiger charge is 2.08. The highest BCUT2D eigenvalue weighted by Crippen LogP contribution is 2.26. The summed E-state index contributed by atoms with van der Waals surface area (Å²) in [5.41, 5.74) is 1.09. The van der Waals surface area contributed by atoms with Gasteiger partial charge in [0.15, 0.2) is 0 Å². The Bertz CT molecular complexity index is 1020. The van der Waals surface area contributed by atoms with Gasteiger partial charge in [0.1, 0.15) is 11.5 Å². The molecule has 0 aliphatic rings. The monoisotopic (exact) mass is 362 g/mol. The van der Waals surface area contributed by atoms with E-state index in [4.69, 9.17) is 4.42 Å². The summed E-state index contributed by atoms with van der Waals surface area (Å²) in [6.45, 7) is 0.832. The van der Waals surface area contributed by atoms with E-state index >= 15 is 0 Å². The molecule has 26 heavy (non-hydrogen) atoms. The van der Waals surface area contributed by atoms with Gasteiger partial charge in [-0.05, 0) is 39.9 Å². The third-order valence-electron chi connectivity index (χ3n) is 4.17. The molecule has 0 aliphatic heterocycles. The SMILES string of the molecule is O=C(NCc1ccc(-c2cccs2)o1)NCc1cccc2ccccc12. The molecule has 2 heterocycles. The average molecular weight is 362 g/mol. The summed E-state index contributed by atoms with van der Waals surface area (Å²) in [5, 5.41) is 10.1. The second-order valence-electron chi connectivity index (χ2n) is 5.92. The minimum Gasteiger partial charge on any atom is -0.458 e. The molecule has 2 aromatic carbocycles. The van der Waals surface area contributed by atoms with Gasteiger partial charge in [0, 0.05) is 6.54 Å². The van der Waals surface area contributed by atoms with E-state index in [2.05, 4.69) is 28.8 Å². The van der Waals surface area contributed by atoms with Crippen LogP contribution in [0.1, 0.15) is 11.3 Å². The first kappa shape index (κ1) is 16.4. The molecule has 2 N–H and O–H groups in total. The molecule has 130 valence electrons. The van der Waals surface area contributed by atoms with Gasteiger partial charge in [-0.1, -0.05) is 48.5 Å². The summed E-state index contributed by atoms with van der Waals surface area (Å²) in [6, 6.07) is 21.9. The Morgan fingerprint density at radius 2 is 1.73 bits per heavy atom. The maximum absolute atomic E-state index is 12.1. The van der Waals surface area contributed by atoms with E-state index in [0.29, 0.717) is 13.1 Å². The van der Waals surface area contributed by atoms with Gasteiger partial charge in [-0.25, -0.2) is 4.79 Å². The van der Waals surface area contributed by atoms with Crippen molar-refractivity contribution in [3.63, 3.8) is 0 Å². The number of hydrogen-bond acceptors (Lipinski definition) is 3. The Morgan fingerprint density at radius 3 is 2.62 bits per heavy atom. The number of furan rings is 1.